The van der Waals surface area contributed by atoms with Crippen molar-refractivity contribution in [3.05, 3.63) is 34.9 Å². The van der Waals surface area contributed by atoms with Crippen molar-refractivity contribution in [3.8, 4) is 0 Å². The van der Waals surface area contributed by atoms with Gasteiger partial charge in [0.05, 0.1) is 5.60 Å². The molecule has 0 fully saturated rings. The minimum absolute atomic E-state index is 0.161. The minimum atomic E-state index is -0.789. The molecule has 1 aromatic rings. The van der Waals surface area contributed by atoms with Gasteiger partial charge in [0.25, 0.3) is 0 Å². The van der Waals surface area contributed by atoms with Crippen molar-refractivity contribution in [2.75, 3.05) is 0 Å². The third-order valence-electron chi connectivity index (χ3n) is 3.38. The molecule has 0 saturated carbocycles. The molecular weight excluding hydrogens is 184 g/mol. The smallest absolute Gasteiger partial charge is 0.0919 e. The van der Waals surface area contributed by atoms with Crippen LogP contribution in [0.4, 0.5) is 0 Å². The predicted molar refractivity (Wildman–Crippen MR) is 64.9 cm³/mol. The van der Waals surface area contributed by atoms with Crippen molar-refractivity contribution in [2.45, 2.75) is 47.1 Å². The van der Waals surface area contributed by atoms with Crippen LogP contribution in [0, 0.1) is 19.3 Å². The summed E-state index contributed by atoms with van der Waals surface area (Å²) < 4.78 is 0. The molecule has 0 aliphatic heterocycles. The van der Waals surface area contributed by atoms with E-state index in [1.807, 2.05) is 6.92 Å². The quantitative estimate of drug-likeness (QED) is 0.745. The fourth-order valence-electron chi connectivity index (χ4n) is 1.66. The fraction of sp³-hybridized carbons (Fsp3) is 0.571. The van der Waals surface area contributed by atoms with Crippen LogP contribution >= 0.6 is 0 Å². The standard InChI is InChI=1S/C14H22O/c1-10-7-8-11(2)12(9-10)14(6,15)13(3,4)5/h7-9,15H,1-6H3. The summed E-state index contributed by atoms with van der Waals surface area (Å²) in [5.74, 6) is 0. The number of aliphatic hydroxyl groups is 1. The van der Waals surface area contributed by atoms with Gasteiger partial charge in [0.1, 0.15) is 0 Å². The van der Waals surface area contributed by atoms with Crippen LogP contribution in [0.1, 0.15) is 44.4 Å². The summed E-state index contributed by atoms with van der Waals surface area (Å²) in [5, 5.41) is 10.6. The lowest BCUT2D eigenvalue weighted by Gasteiger charge is -2.38. The van der Waals surface area contributed by atoms with Crippen LogP contribution in [0.25, 0.3) is 0 Å². The molecule has 1 rings (SSSR count). The lowest BCUT2D eigenvalue weighted by atomic mass is 9.72. The summed E-state index contributed by atoms with van der Waals surface area (Å²) in [5.41, 5.74) is 2.44. The second-order valence-electron chi connectivity index (χ2n) is 5.64. The highest BCUT2D eigenvalue weighted by atomic mass is 16.3. The number of hydrogen-bond acceptors (Lipinski definition) is 1. The molecule has 1 N–H and O–H groups in total. The highest BCUT2D eigenvalue weighted by molar-refractivity contribution is 5.35. The molecular formula is C14H22O. The van der Waals surface area contributed by atoms with E-state index in [0.717, 1.165) is 11.1 Å². The molecule has 0 aliphatic carbocycles. The highest BCUT2D eigenvalue weighted by Gasteiger charge is 2.37. The zero-order valence-electron chi connectivity index (χ0n) is 10.7. The summed E-state index contributed by atoms with van der Waals surface area (Å²) in [6.45, 7) is 12.2. The SMILES string of the molecule is Cc1ccc(C)c(C(C)(O)C(C)(C)C)c1. The van der Waals surface area contributed by atoms with E-state index in [1.165, 1.54) is 5.56 Å². The molecule has 1 nitrogen and oxygen atoms in total. The molecule has 1 atom stereocenters. The maximum atomic E-state index is 10.6. The van der Waals surface area contributed by atoms with Gasteiger partial charge in [0.2, 0.25) is 0 Å². The molecule has 0 heterocycles. The van der Waals surface area contributed by atoms with E-state index in [1.54, 1.807) is 0 Å². The van der Waals surface area contributed by atoms with Gasteiger partial charge in [-0.05, 0) is 37.3 Å². The van der Waals surface area contributed by atoms with E-state index in [4.69, 9.17) is 0 Å². The van der Waals surface area contributed by atoms with E-state index < -0.39 is 5.60 Å². The first-order valence-corrected chi connectivity index (χ1v) is 5.46. The number of benzene rings is 1. The van der Waals surface area contributed by atoms with Crippen LogP contribution < -0.4 is 0 Å². The lowest BCUT2D eigenvalue weighted by Crippen LogP contribution is -2.37. The van der Waals surface area contributed by atoms with E-state index in [9.17, 15) is 5.11 Å². The normalized spacial score (nSPS) is 16.2. The molecule has 0 spiro atoms. The second-order valence-corrected chi connectivity index (χ2v) is 5.64. The first-order valence-electron chi connectivity index (χ1n) is 5.46. The molecule has 15 heavy (non-hydrogen) atoms. The van der Waals surface area contributed by atoms with Gasteiger partial charge >= 0.3 is 0 Å². The summed E-state index contributed by atoms with van der Waals surface area (Å²) in [6.07, 6.45) is 0. The zero-order valence-corrected chi connectivity index (χ0v) is 10.7. The van der Waals surface area contributed by atoms with Crippen LogP contribution in [-0.4, -0.2) is 5.11 Å². The van der Waals surface area contributed by atoms with Gasteiger partial charge in [-0.25, -0.2) is 0 Å². The molecule has 0 radical (unpaired) electrons. The molecule has 0 bridgehead atoms. The van der Waals surface area contributed by atoms with Gasteiger partial charge in [0.15, 0.2) is 0 Å². The third kappa shape index (κ3) is 2.23. The van der Waals surface area contributed by atoms with E-state index in [0.29, 0.717) is 0 Å². The number of hydrogen-bond donors (Lipinski definition) is 1. The van der Waals surface area contributed by atoms with Crippen molar-refractivity contribution < 1.29 is 5.11 Å². The largest absolute Gasteiger partial charge is 0.385 e. The first-order chi connectivity index (χ1) is 6.66. The molecule has 1 unspecified atom stereocenters. The monoisotopic (exact) mass is 206 g/mol. The first kappa shape index (κ1) is 12.3. The molecule has 0 saturated heterocycles. The van der Waals surface area contributed by atoms with Crippen molar-refractivity contribution in [3.63, 3.8) is 0 Å². The molecule has 0 aliphatic rings. The Morgan fingerprint density at radius 3 is 2.00 bits per heavy atom. The van der Waals surface area contributed by atoms with Crippen molar-refractivity contribution >= 4 is 0 Å². The topological polar surface area (TPSA) is 20.2 Å². The molecule has 1 aromatic carbocycles. The van der Waals surface area contributed by atoms with Crippen molar-refractivity contribution in [1.29, 1.82) is 0 Å². The fourth-order valence-corrected chi connectivity index (χ4v) is 1.66. The van der Waals surface area contributed by atoms with Crippen LogP contribution in [0.2, 0.25) is 0 Å². The van der Waals surface area contributed by atoms with Crippen LogP contribution in [0.15, 0.2) is 18.2 Å². The Bertz CT molecular complexity index is 356. The van der Waals surface area contributed by atoms with Gasteiger partial charge < -0.3 is 5.11 Å². The summed E-state index contributed by atoms with van der Waals surface area (Å²) in [4.78, 5) is 0. The Morgan fingerprint density at radius 1 is 1.00 bits per heavy atom. The van der Waals surface area contributed by atoms with Gasteiger partial charge in [-0.15, -0.1) is 0 Å². The van der Waals surface area contributed by atoms with Crippen LogP contribution in [-0.2, 0) is 5.60 Å². The predicted octanol–water partition coefficient (Wildman–Crippen LogP) is 3.56. The van der Waals surface area contributed by atoms with E-state index >= 15 is 0 Å². The van der Waals surface area contributed by atoms with E-state index in [2.05, 4.69) is 52.8 Å². The lowest BCUT2D eigenvalue weighted by molar-refractivity contribution is -0.0475. The van der Waals surface area contributed by atoms with Gasteiger partial charge in [-0.2, -0.15) is 0 Å². The average molecular weight is 206 g/mol. The average Bonchev–Trinajstić information content (AvgIpc) is 2.07. The number of aryl methyl sites for hydroxylation is 2. The number of rotatable bonds is 1. The molecule has 0 aromatic heterocycles. The van der Waals surface area contributed by atoms with Crippen molar-refractivity contribution in [2.24, 2.45) is 5.41 Å². The van der Waals surface area contributed by atoms with Crippen LogP contribution in [0.5, 0.6) is 0 Å². The Balaban J connectivity index is 3.32. The van der Waals surface area contributed by atoms with Gasteiger partial charge in [-0.3, -0.25) is 0 Å². The molecule has 1 heteroatoms. The highest BCUT2D eigenvalue weighted by Crippen LogP contribution is 2.40. The van der Waals surface area contributed by atoms with Gasteiger partial charge in [-0.1, -0.05) is 44.5 Å². The minimum Gasteiger partial charge on any atom is -0.385 e. The zero-order chi connectivity index (χ0) is 11.9. The Kier molecular flexibility index (Phi) is 2.97. The van der Waals surface area contributed by atoms with E-state index in [-0.39, 0.29) is 5.41 Å². The summed E-state index contributed by atoms with van der Waals surface area (Å²) in [6, 6.07) is 6.24. The molecule has 84 valence electrons. The van der Waals surface area contributed by atoms with Gasteiger partial charge in [0, 0.05) is 0 Å². The summed E-state index contributed by atoms with van der Waals surface area (Å²) in [7, 11) is 0. The second kappa shape index (κ2) is 3.64. The Morgan fingerprint density at radius 2 is 1.53 bits per heavy atom. The third-order valence-corrected chi connectivity index (χ3v) is 3.38. The maximum absolute atomic E-state index is 10.6. The maximum Gasteiger partial charge on any atom is 0.0919 e. The Hall–Kier alpha value is -0.820. The Labute approximate surface area is 93.1 Å². The van der Waals surface area contributed by atoms with Crippen LogP contribution in [0.3, 0.4) is 0 Å². The summed E-state index contributed by atoms with van der Waals surface area (Å²) >= 11 is 0. The van der Waals surface area contributed by atoms with Crippen molar-refractivity contribution in [1.82, 2.24) is 0 Å². The molecule has 0 amide bonds.